The van der Waals surface area contributed by atoms with E-state index in [4.69, 9.17) is 5.11 Å². The lowest BCUT2D eigenvalue weighted by Crippen LogP contribution is -2.05. The van der Waals surface area contributed by atoms with Gasteiger partial charge >= 0.3 is 5.97 Å². The molecular weight excluding hydrogens is 240 g/mol. The van der Waals surface area contributed by atoms with Crippen LogP contribution in [0.4, 0.5) is 0 Å². The summed E-state index contributed by atoms with van der Waals surface area (Å²) < 4.78 is 24.1. The highest BCUT2D eigenvalue weighted by Crippen LogP contribution is 2.35. The number of aryl methyl sites for hydroxylation is 1. The van der Waals surface area contributed by atoms with E-state index in [2.05, 4.69) is 0 Å². The van der Waals surface area contributed by atoms with Crippen molar-refractivity contribution >= 4 is 21.9 Å². The van der Waals surface area contributed by atoms with Crippen molar-refractivity contribution in [2.75, 3.05) is 0 Å². The maximum atomic E-state index is 12.0. The monoisotopic (exact) mass is 252 g/mol. The van der Waals surface area contributed by atoms with Crippen LogP contribution in [0.5, 0.6) is 0 Å². The van der Waals surface area contributed by atoms with Gasteiger partial charge in [-0.1, -0.05) is 18.2 Å². The molecule has 1 N–H and O–H groups in total. The van der Waals surface area contributed by atoms with E-state index >= 15 is 0 Å². The van der Waals surface area contributed by atoms with Crippen LogP contribution in [0.3, 0.4) is 0 Å². The molecule has 0 saturated carbocycles. The van der Waals surface area contributed by atoms with Crippen molar-refractivity contribution in [3.63, 3.8) is 0 Å². The lowest BCUT2D eigenvalue weighted by Gasteiger charge is -2.07. The molecule has 0 aromatic heterocycles. The molecule has 0 spiro atoms. The summed E-state index contributed by atoms with van der Waals surface area (Å²) in [6, 6.07) is 5.15. The van der Waals surface area contributed by atoms with Crippen LogP contribution in [-0.4, -0.2) is 19.5 Å². The highest BCUT2D eigenvalue weighted by molar-refractivity contribution is 7.95. The van der Waals surface area contributed by atoms with Crippen molar-refractivity contribution in [2.45, 2.75) is 24.7 Å². The highest BCUT2D eigenvalue weighted by Gasteiger charge is 2.29. The van der Waals surface area contributed by atoms with Gasteiger partial charge in [-0.3, -0.25) is 4.79 Å². The number of carboxylic acid groups (broad SMARTS) is 1. The Balaban J connectivity index is 2.48. The Hall–Kier alpha value is -1.62. The molecule has 1 heterocycles. The molecule has 1 aromatic carbocycles. The lowest BCUT2D eigenvalue weighted by atomic mass is 10.1. The summed E-state index contributed by atoms with van der Waals surface area (Å²) in [5, 5.41) is 8.64. The number of fused-ring (bicyclic) bond motifs is 1. The third-order valence-electron chi connectivity index (χ3n) is 2.79. The molecule has 0 aliphatic carbocycles. The molecule has 0 unspecified atom stereocenters. The maximum absolute atomic E-state index is 12.0. The maximum Gasteiger partial charge on any atom is 0.303 e. The van der Waals surface area contributed by atoms with Crippen molar-refractivity contribution in [3.8, 4) is 0 Å². The molecule has 2 rings (SSSR count). The fourth-order valence-corrected chi connectivity index (χ4v) is 3.50. The van der Waals surface area contributed by atoms with Crippen molar-refractivity contribution in [2.24, 2.45) is 0 Å². The number of sulfone groups is 1. The summed E-state index contributed by atoms with van der Waals surface area (Å²) in [5.41, 5.74) is 1.24. The van der Waals surface area contributed by atoms with Crippen LogP contribution in [-0.2, 0) is 21.1 Å². The molecule has 1 aromatic rings. The molecule has 0 bridgehead atoms. The first kappa shape index (κ1) is 11.9. The van der Waals surface area contributed by atoms with Crippen molar-refractivity contribution in [3.05, 3.63) is 34.2 Å². The molecule has 0 amide bonds. The zero-order valence-corrected chi connectivity index (χ0v) is 10.1. The van der Waals surface area contributed by atoms with Gasteiger partial charge in [0.2, 0.25) is 9.84 Å². The third-order valence-corrected chi connectivity index (χ3v) is 4.79. The van der Waals surface area contributed by atoms with Crippen LogP contribution in [0, 0.1) is 0 Å². The van der Waals surface area contributed by atoms with E-state index in [1.165, 1.54) is 0 Å². The Morgan fingerprint density at radius 3 is 2.71 bits per heavy atom. The van der Waals surface area contributed by atoms with E-state index in [1.807, 2.05) is 0 Å². The first-order valence-electron chi connectivity index (χ1n) is 5.20. The quantitative estimate of drug-likeness (QED) is 0.891. The van der Waals surface area contributed by atoms with Crippen LogP contribution in [0.15, 0.2) is 28.0 Å². The standard InChI is InChI=1S/C12H12O4S/c1-8-7-10-4-2-3-9(5-6-11(13)14)12(10)17(8,15)16/h2-4,7H,5-6H2,1H3,(H,13,14). The number of aliphatic carboxylic acids is 1. The van der Waals surface area contributed by atoms with Gasteiger partial charge in [0.05, 0.1) is 4.90 Å². The topological polar surface area (TPSA) is 71.4 Å². The number of carboxylic acids is 1. The fraction of sp³-hybridized carbons (Fsp3) is 0.250. The molecule has 0 atom stereocenters. The van der Waals surface area contributed by atoms with Crippen LogP contribution in [0.1, 0.15) is 24.5 Å². The molecule has 0 radical (unpaired) electrons. The zero-order valence-electron chi connectivity index (χ0n) is 9.30. The second-order valence-electron chi connectivity index (χ2n) is 3.99. The second kappa shape index (κ2) is 4.00. The minimum absolute atomic E-state index is 0.0645. The van der Waals surface area contributed by atoms with E-state index in [0.717, 1.165) is 0 Å². The van der Waals surface area contributed by atoms with Crippen LogP contribution >= 0.6 is 0 Å². The normalized spacial score (nSPS) is 16.4. The molecule has 1 aliphatic heterocycles. The van der Waals surface area contributed by atoms with E-state index in [-0.39, 0.29) is 17.7 Å². The van der Waals surface area contributed by atoms with Gasteiger partial charge < -0.3 is 5.11 Å². The summed E-state index contributed by atoms with van der Waals surface area (Å²) in [6.45, 7) is 1.55. The number of allylic oxidation sites excluding steroid dienone is 1. The van der Waals surface area contributed by atoms with E-state index < -0.39 is 15.8 Å². The predicted octanol–water partition coefficient (Wildman–Crippen LogP) is 1.85. The van der Waals surface area contributed by atoms with Crippen LogP contribution < -0.4 is 0 Å². The van der Waals surface area contributed by atoms with Gasteiger partial charge in [-0.05, 0) is 30.5 Å². The van der Waals surface area contributed by atoms with Gasteiger partial charge in [0.1, 0.15) is 0 Å². The SMILES string of the molecule is CC1=Cc2cccc(CCC(=O)O)c2S1(=O)=O. The molecule has 1 aliphatic rings. The Kier molecular flexibility index (Phi) is 2.79. The minimum Gasteiger partial charge on any atom is -0.481 e. The van der Waals surface area contributed by atoms with Crippen LogP contribution in [0.2, 0.25) is 0 Å². The summed E-state index contributed by atoms with van der Waals surface area (Å²) in [7, 11) is -3.39. The molecule has 0 saturated heterocycles. The summed E-state index contributed by atoms with van der Waals surface area (Å²) in [5.74, 6) is -0.928. The number of hydrogen-bond donors (Lipinski definition) is 1. The number of rotatable bonds is 3. The fourth-order valence-electron chi connectivity index (χ4n) is 1.94. The molecule has 90 valence electrons. The molecule has 0 fully saturated rings. The number of benzene rings is 1. The summed E-state index contributed by atoms with van der Waals surface area (Å²) in [4.78, 5) is 11.1. The van der Waals surface area contributed by atoms with Crippen molar-refractivity contribution < 1.29 is 18.3 Å². The minimum atomic E-state index is -3.39. The van der Waals surface area contributed by atoms with Gasteiger partial charge in [-0.25, -0.2) is 8.42 Å². The molecular formula is C12H12O4S. The lowest BCUT2D eigenvalue weighted by molar-refractivity contribution is -0.136. The predicted molar refractivity (Wildman–Crippen MR) is 63.2 cm³/mol. The van der Waals surface area contributed by atoms with Gasteiger partial charge in [0, 0.05) is 11.3 Å². The highest BCUT2D eigenvalue weighted by atomic mass is 32.2. The van der Waals surface area contributed by atoms with Crippen LogP contribution in [0.25, 0.3) is 6.08 Å². The van der Waals surface area contributed by atoms with Crippen molar-refractivity contribution in [1.29, 1.82) is 0 Å². The zero-order chi connectivity index (χ0) is 12.6. The number of hydrogen-bond acceptors (Lipinski definition) is 3. The second-order valence-corrected chi connectivity index (χ2v) is 6.05. The van der Waals surface area contributed by atoms with E-state index in [1.54, 1.807) is 31.2 Å². The summed E-state index contributed by atoms with van der Waals surface area (Å²) >= 11 is 0. The van der Waals surface area contributed by atoms with Gasteiger partial charge in [0.15, 0.2) is 0 Å². The largest absolute Gasteiger partial charge is 0.481 e. The Morgan fingerprint density at radius 2 is 2.06 bits per heavy atom. The number of carbonyl (C=O) groups is 1. The Bertz CT molecular complexity index is 611. The Morgan fingerprint density at radius 1 is 1.35 bits per heavy atom. The molecule has 5 heteroatoms. The third kappa shape index (κ3) is 1.98. The molecule has 17 heavy (non-hydrogen) atoms. The average Bonchev–Trinajstić information content (AvgIpc) is 2.48. The van der Waals surface area contributed by atoms with Gasteiger partial charge in [-0.15, -0.1) is 0 Å². The van der Waals surface area contributed by atoms with Crippen molar-refractivity contribution in [1.82, 2.24) is 0 Å². The first-order chi connectivity index (χ1) is 7.93. The van der Waals surface area contributed by atoms with Gasteiger partial charge in [-0.2, -0.15) is 0 Å². The molecule has 4 nitrogen and oxygen atoms in total. The summed E-state index contributed by atoms with van der Waals surface area (Å²) in [6.07, 6.45) is 1.79. The Labute approximate surface area is 99.5 Å². The average molecular weight is 252 g/mol. The smallest absolute Gasteiger partial charge is 0.303 e. The van der Waals surface area contributed by atoms with E-state index in [0.29, 0.717) is 16.0 Å². The van der Waals surface area contributed by atoms with E-state index in [9.17, 15) is 13.2 Å². The first-order valence-corrected chi connectivity index (χ1v) is 6.68. The van der Waals surface area contributed by atoms with Gasteiger partial charge in [0.25, 0.3) is 0 Å².